The zero-order chi connectivity index (χ0) is 22.2. The molecule has 1 aliphatic heterocycles. The van der Waals surface area contributed by atoms with Crippen LogP contribution < -0.4 is 0 Å². The highest BCUT2D eigenvalue weighted by molar-refractivity contribution is 6.06. The first kappa shape index (κ1) is 20.4. The summed E-state index contributed by atoms with van der Waals surface area (Å²) in [5, 5.41) is 4.64. The second kappa shape index (κ2) is 8.18. The van der Waals surface area contributed by atoms with Crippen LogP contribution in [0.25, 0.3) is 11.1 Å². The van der Waals surface area contributed by atoms with Gasteiger partial charge in [-0.25, -0.2) is 14.4 Å². The van der Waals surface area contributed by atoms with Crippen molar-refractivity contribution >= 4 is 17.0 Å². The van der Waals surface area contributed by atoms with Crippen LogP contribution in [-0.4, -0.2) is 39.0 Å². The molecule has 1 amide bonds. The van der Waals surface area contributed by atoms with Gasteiger partial charge in [0.05, 0.1) is 28.8 Å². The quantitative estimate of drug-likeness (QED) is 0.468. The molecule has 1 aliphatic rings. The molecule has 1 aromatic carbocycles. The number of nitrogens with zero attached hydrogens (tertiary/aromatic N) is 4. The molecule has 4 aromatic rings. The highest BCUT2D eigenvalue weighted by Gasteiger charge is 2.30. The summed E-state index contributed by atoms with van der Waals surface area (Å²) in [6, 6.07) is 8.15. The van der Waals surface area contributed by atoms with Gasteiger partial charge in [0.1, 0.15) is 11.6 Å². The van der Waals surface area contributed by atoms with Gasteiger partial charge in [-0.15, -0.1) is 0 Å². The van der Waals surface area contributed by atoms with E-state index in [1.807, 2.05) is 18.7 Å². The van der Waals surface area contributed by atoms with Crippen molar-refractivity contribution in [1.82, 2.24) is 20.0 Å². The van der Waals surface area contributed by atoms with Crippen molar-refractivity contribution in [2.24, 2.45) is 0 Å². The van der Waals surface area contributed by atoms with E-state index in [0.29, 0.717) is 53.5 Å². The van der Waals surface area contributed by atoms with Crippen molar-refractivity contribution in [1.29, 1.82) is 0 Å². The summed E-state index contributed by atoms with van der Waals surface area (Å²) >= 11 is 0. The molecular weight excluding hydrogens is 411 g/mol. The van der Waals surface area contributed by atoms with Gasteiger partial charge in [0.2, 0.25) is 0 Å². The highest BCUT2D eigenvalue weighted by Crippen LogP contribution is 2.30. The fraction of sp³-hybridized carbons (Fsp3) is 0.333. The average Bonchev–Trinajstić information content (AvgIpc) is 3.41. The SMILES string of the molecule is Cc1cc(C(=O)N2CCC[C@H](c3ncc(Cc4ccc(F)cc4)o3)C2)c2c(C)noc2n1. The lowest BCUT2D eigenvalue weighted by atomic mass is 9.97. The van der Waals surface area contributed by atoms with E-state index in [1.54, 1.807) is 24.4 Å². The second-order valence-electron chi connectivity index (χ2n) is 8.32. The van der Waals surface area contributed by atoms with Crippen LogP contribution in [0.2, 0.25) is 0 Å². The minimum Gasteiger partial charge on any atom is -0.445 e. The van der Waals surface area contributed by atoms with Crippen LogP contribution in [0.15, 0.2) is 45.5 Å². The van der Waals surface area contributed by atoms with E-state index in [9.17, 15) is 9.18 Å². The summed E-state index contributed by atoms with van der Waals surface area (Å²) in [7, 11) is 0. The number of aryl methyl sites for hydroxylation is 2. The zero-order valence-corrected chi connectivity index (χ0v) is 18.0. The molecule has 3 aromatic heterocycles. The van der Waals surface area contributed by atoms with Crippen molar-refractivity contribution in [3.63, 3.8) is 0 Å². The summed E-state index contributed by atoms with van der Waals surface area (Å²) in [5.41, 5.74) is 3.27. The molecule has 1 atom stereocenters. The number of piperidine rings is 1. The molecule has 4 heterocycles. The Hall–Kier alpha value is -3.55. The summed E-state index contributed by atoms with van der Waals surface area (Å²) < 4.78 is 24.4. The largest absolute Gasteiger partial charge is 0.445 e. The number of halogens is 1. The lowest BCUT2D eigenvalue weighted by molar-refractivity contribution is 0.0699. The number of hydrogen-bond acceptors (Lipinski definition) is 6. The zero-order valence-electron chi connectivity index (χ0n) is 18.0. The molecule has 0 saturated carbocycles. The monoisotopic (exact) mass is 434 g/mol. The number of hydrogen-bond donors (Lipinski definition) is 0. The Bertz CT molecular complexity index is 1280. The third-order valence-corrected chi connectivity index (χ3v) is 5.90. The van der Waals surface area contributed by atoms with E-state index >= 15 is 0 Å². The maximum atomic E-state index is 13.4. The molecule has 0 unspecified atom stereocenters. The number of carbonyl (C=O) groups is 1. The number of oxazole rings is 1. The van der Waals surface area contributed by atoms with E-state index in [4.69, 9.17) is 8.94 Å². The first-order valence-corrected chi connectivity index (χ1v) is 10.7. The number of benzene rings is 1. The Labute approximate surface area is 184 Å². The first-order chi connectivity index (χ1) is 15.5. The smallest absolute Gasteiger partial charge is 0.258 e. The topological polar surface area (TPSA) is 85.3 Å². The number of pyridine rings is 1. The molecule has 0 N–H and O–H groups in total. The molecule has 32 heavy (non-hydrogen) atoms. The van der Waals surface area contributed by atoms with Crippen LogP contribution in [0.4, 0.5) is 4.39 Å². The first-order valence-electron chi connectivity index (χ1n) is 10.7. The predicted molar refractivity (Wildman–Crippen MR) is 115 cm³/mol. The molecule has 164 valence electrons. The van der Waals surface area contributed by atoms with Gasteiger partial charge in [-0.2, -0.15) is 0 Å². The van der Waals surface area contributed by atoms with Gasteiger partial charge in [-0.3, -0.25) is 4.79 Å². The van der Waals surface area contributed by atoms with Crippen molar-refractivity contribution in [2.45, 2.75) is 39.0 Å². The number of rotatable bonds is 4. The van der Waals surface area contributed by atoms with Gasteiger partial charge in [0, 0.05) is 25.2 Å². The summed E-state index contributed by atoms with van der Waals surface area (Å²) in [6.45, 7) is 4.85. The lowest BCUT2D eigenvalue weighted by Crippen LogP contribution is -2.39. The highest BCUT2D eigenvalue weighted by atomic mass is 19.1. The van der Waals surface area contributed by atoms with Crippen LogP contribution in [0.1, 0.15) is 57.7 Å². The fourth-order valence-electron chi connectivity index (χ4n) is 4.32. The van der Waals surface area contributed by atoms with E-state index in [0.717, 1.165) is 24.2 Å². The van der Waals surface area contributed by atoms with Gasteiger partial charge in [-0.05, 0) is 50.5 Å². The molecule has 0 bridgehead atoms. The van der Waals surface area contributed by atoms with Gasteiger partial charge >= 0.3 is 0 Å². The van der Waals surface area contributed by atoms with Crippen molar-refractivity contribution in [2.75, 3.05) is 13.1 Å². The molecule has 0 spiro atoms. The summed E-state index contributed by atoms with van der Waals surface area (Å²) in [5.74, 6) is 1.06. The minimum atomic E-state index is -0.262. The normalized spacial score (nSPS) is 16.6. The van der Waals surface area contributed by atoms with Crippen molar-refractivity contribution in [3.05, 3.63) is 76.5 Å². The molecule has 1 fully saturated rings. The standard InChI is InChI=1S/C24H23FN4O3/c1-14-10-20(21-15(2)28-32-23(21)27-14)24(30)29-9-3-4-17(13-29)22-26-12-19(31-22)11-16-5-7-18(25)8-6-16/h5-8,10,12,17H,3-4,9,11,13H2,1-2H3/t17-/m0/s1. The van der Waals surface area contributed by atoms with Crippen LogP contribution in [-0.2, 0) is 6.42 Å². The molecule has 7 nitrogen and oxygen atoms in total. The molecule has 8 heteroatoms. The predicted octanol–water partition coefficient (Wildman–Crippen LogP) is 4.58. The Morgan fingerprint density at radius 1 is 1.25 bits per heavy atom. The number of carbonyl (C=O) groups excluding carboxylic acids is 1. The van der Waals surface area contributed by atoms with Crippen LogP contribution in [0, 0.1) is 19.7 Å². The average molecular weight is 434 g/mol. The van der Waals surface area contributed by atoms with E-state index in [2.05, 4.69) is 15.1 Å². The molecule has 0 aliphatic carbocycles. The number of aromatic nitrogens is 3. The van der Waals surface area contributed by atoms with Crippen LogP contribution in [0.5, 0.6) is 0 Å². The Kier molecular flexibility index (Phi) is 5.20. The Balaban J connectivity index is 1.34. The van der Waals surface area contributed by atoms with Crippen molar-refractivity contribution < 1.29 is 18.1 Å². The van der Waals surface area contributed by atoms with Gasteiger partial charge in [0.15, 0.2) is 5.89 Å². The third-order valence-electron chi connectivity index (χ3n) is 5.90. The van der Waals surface area contributed by atoms with E-state index in [1.165, 1.54) is 12.1 Å². The van der Waals surface area contributed by atoms with Crippen LogP contribution >= 0.6 is 0 Å². The molecule has 1 saturated heterocycles. The second-order valence-corrected chi connectivity index (χ2v) is 8.32. The fourth-order valence-corrected chi connectivity index (χ4v) is 4.32. The number of likely N-dealkylation sites (tertiary alicyclic amines) is 1. The third kappa shape index (κ3) is 3.88. The lowest BCUT2D eigenvalue weighted by Gasteiger charge is -2.31. The minimum absolute atomic E-state index is 0.0247. The van der Waals surface area contributed by atoms with Crippen molar-refractivity contribution in [3.8, 4) is 0 Å². The van der Waals surface area contributed by atoms with Gasteiger partial charge in [0.25, 0.3) is 11.6 Å². The summed E-state index contributed by atoms with van der Waals surface area (Å²) in [4.78, 5) is 24.1. The van der Waals surface area contributed by atoms with Gasteiger partial charge in [-0.1, -0.05) is 17.3 Å². The Morgan fingerprint density at radius 3 is 2.88 bits per heavy atom. The summed E-state index contributed by atoms with van der Waals surface area (Å²) in [6.07, 6.45) is 4.03. The maximum Gasteiger partial charge on any atom is 0.258 e. The van der Waals surface area contributed by atoms with E-state index in [-0.39, 0.29) is 17.6 Å². The number of amides is 1. The Morgan fingerprint density at radius 2 is 2.06 bits per heavy atom. The van der Waals surface area contributed by atoms with Crippen LogP contribution in [0.3, 0.4) is 0 Å². The molecule has 5 rings (SSSR count). The number of fused-ring (bicyclic) bond motifs is 1. The maximum absolute atomic E-state index is 13.4. The van der Waals surface area contributed by atoms with Gasteiger partial charge < -0.3 is 13.8 Å². The molecule has 0 radical (unpaired) electrons. The molecular formula is C24H23FN4O3. The van der Waals surface area contributed by atoms with E-state index < -0.39 is 0 Å².